The average Bonchev–Trinajstić information content (AvgIpc) is 2.03. The molecule has 0 aromatic carbocycles. The number of nitrogens with one attached hydrogen (secondary N) is 1. The molecule has 0 aromatic rings. The molecule has 14 heavy (non-hydrogen) atoms. The zero-order valence-electron chi connectivity index (χ0n) is 7.95. The molecule has 0 saturated carbocycles. The van der Waals surface area contributed by atoms with E-state index in [1.807, 2.05) is 5.32 Å². The number of nitrogens with two attached hydrogens (primary N) is 1. The molecular weight excluding hydrogens is 188 g/mol. The standard InChI is InChI=1S/C8H14N2O4/c1-2-3-6(11)10-7(12)4-5(9)8(13)14/h5H,2-4,9H2,1H3,(H,13,14)(H,10,11,12)/t5-/m0/s1. The van der Waals surface area contributed by atoms with Gasteiger partial charge in [-0.3, -0.25) is 19.7 Å². The highest BCUT2D eigenvalue weighted by molar-refractivity contribution is 5.96. The summed E-state index contributed by atoms with van der Waals surface area (Å²) in [7, 11) is 0. The zero-order valence-corrected chi connectivity index (χ0v) is 7.95. The summed E-state index contributed by atoms with van der Waals surface area (Å²) >= 11 is 0. The second-order valence-corrected chi connectivity index (χ2v) is 2.87. The van der Waals surface area contributed by atoms with E-state index in [4.69, 9.17) is 10.8 Å². The third-order valence-electron chi connectivity index (χ3n) is 1.48. The van der Waals surface area contributed by atoms with Gasteiger partial charge in [0.25, 0.3) is 0 Å². The van der Waals surface area contributed by atoms with Crippen molar-refractivity contribution >= 4 is 17.8 Å². The predicted molar refractivity (Wildman–Crippen MR) is 48.3 cm³/mol. The smallest absolute Gasteiger partial charge is 0.321 e. The van der Waals surface area contributed by atoms with E-state index in [0.717, 1.165) is 0 Å². The Morgan fingerprint density at radius 2 is 1.93 bits per heavy atom. The van der Waals surface area contributed by atoms with E-state index in [2.05, 4.69) is 0 Å². The third-order valence-corrected chi connectivity index (χ3v) is 1.48. The Morgan fingerprint density at radius 1 is 1.36 bits per heavy atom. The van der Waals surface area contributed by atoms with Crippen LogP contribution in [0.2, 0.25) is 0 Å². The van der Waals surface area contributed by atoms with Gasteiger partial charge in [-0.2, -0.15) is 0 Å². The molecule has 0 saturated heterocycles. The van der Waals surface area contributed by atoms with Crippen molar-refractivity contribution in [1.29, 1.82) is 0 Å². The van der Waals surface area contributed by atoms with E-state index in [0.29, 0.717) is 6.42 Å². The van der Waals surface area contributed by atoms with Gasteiger partial charge in [0, 0.05) is 6.42 Å². The molecule has 0 unspecified atom stereocenters. The first-order chi connectivity index (χ1) is 6.47. The normalized spacial score (nSPS) is 11.9. The van der Waals surface area contributed by atoms with E-state index in [9.17, 15) is 14.4 Å². The highest BCUT2D eigenvalue weighted by Crippen LogP contribution is 1.90. The van der Waals surface area contributed by atoms with Crippen LogP contribution in [0.5, 0.6) is 0 Å². The molecule has 6 nitrogen and oxygen atoms in total. The van der Waals surface area contributed by atoms with E-state index in [1.54, 1.807) is 6.92 Å². The number of amides is 2. The average molecular weight is 202 g/mol. The molecule has 6 heteroatoms. The maximum Gasteiger partial charge on any atom is 0.321 e. The van der Waals surface area contributed by atoms with Crippen molar-refractivity contribution in [3.05, 3.63) is 0 Å². The van der Waals surface area contributed by atoms with Crippen LogP contribution in [0.1, 0.15) is 26.2 Å². The molecule has 0 aromatic heterocycles. The van der Waals surface area contributed by atoms with Crippen molar-refractivity contribution in [2.75, 3.05) is 0 Å². The molecule has 0 rings (SSSR count). The molecule has 0 fully saturated rings. The number of carbonyl (C=O) groups excluding carboxylic acids is 2. The third kappa shape index (κ3) is 5.26. The summed E-state index contributed by atoms with van der Waals surface area (Å²) in [4.78, 5) is 32.1. The molecule has 0 bridgehead atoms. The van der Waals surface area contributed by atoms with Gasteiger partial charge in [-0.05, 0) is 6.42 Å². The first kappa shape index (κ1) is 12.6. The lowest BCUT2D eigenvalue weighted by Crippen LogP contribution is -2.39. The zero-order chi connectivity index (χ0) is 11.1. The Morgan fingerprint density at radius 3 is 2.36 bits per heavy atom. The first-order valence-electron chi connectivity index (χ1n) is 4.28. The van der Waals surface area contributed by atoms with Crippen LogP contribution in [-0.4, -0.2) is 28.9 Å². The molecule has 0 aliphatic carbocycles. The largest absolute Gasteiger partial charge is 0.480 e. The van der Waals surface area contributed by atoms with Crippen LogP contribution < -0.4 is 11.1 Å². The van der Waals surface area contributed by atoms with Gasteiger partial charge >= 0.3 is 5.97 Å². The number of imide groups is 1. The summed E-state index contributed by atoms with van der Waals surface area (Å²) in [5.41, 5.74) is 5.10. The summed E-state index contributed by atoms with van der Waals surface area (Å²) in [6.07, 6.45) is 0.489. The van der Waals surface area contributed by atoms with Gasteiger partial charge in [0.2, 0.25) is 11.8 Å². The Kier molecular flexibility index (Phi) is 5.47. The van der Waals surface area contributed by atoms with Gasteiger partial charge in [-0.15, -0.1) is 0 Å². The van der Waals surface area contributed by atoms with E-state index >= 15 is 0 Å². The Hall–Kier alpha value is -1.43. The fourth-order valence-electron chi connectivity index (χ4n) is 0.783. The van der Waals surface area contributed by atoms with Gasteiger partial charge in [-0.1, -0.05) is 6.92 Å². The van der Waals surface area contributed by atoms with Crippen LogP contribution in [0.4, 0.5) is 0 Å². The Balaban J connectivity index is 3.86. The topological polar surface area (TPSA) is 109 Å². The molecule has 80 valence electrons. The summed E-state index contributed by atoms with van der Waals surface area (Å²) < 4.78 is 0. The van der Waals surface area contributed by atoms with E-state index in [-0.39, 0.29) is 12.8 Å². The lowest BCUT2D eigenvalue weighted by atomic mass is 10.2. The minimum Gasteiger partial charge on any atom is -0.480 e. The number of carbonyl (C=O) groups is 3. The molecule has 0 aliphatic heterocycles. The second kappa shape index (κ2) is 6.09. The quantitative estimate of drug-likeness (QED) is 0.542. The fourth-order valence-corrected chi connectivity index (χ4v) is 0.783. The SMILES string of the molecule is CCCC(=O)NC(=O)C[C@H](N)C(=O)O. The summed E-state index contributed by atoms with van der Waals surface area (Å²) in [5, 5.41) is 10.4. The predicted octanol–water partition coefficient (Wildman–Crippen LogP) is -0.769. The molecule has 1 atom stereocenters. The van der Waals surface area contributed by atoms with Crippen LogP contribution in [0.25, 0.3) is 0 Å². The van der Waals surface area contributed by atoms with Crippen molar-refractivity contribution in [2.24, 2.45) is 5.73 Å². The number of rotatable bonds is 5. The van der Waals surface area contributed by atoms with Gasteiger partial charge in [0.15, 0.2) is 0 Å². The Labute approximate surface area is 81.5 Å². The second-order valence-electron chi connectivity index (χ2n) is 2.87. The number of hydrogen-bond donors (Lipinski definition) is 3. The van der Waals surface area contributed by atoms with Crippen LogP contribution in [-0.2, 0) is 14.4 Å². The van der Waals surface area contributed by atoms with Crippen molar-refractivity contribution in [3.63, 3.8) is 0 Å². The summed E-state index contributed by atoms with van der Waals surface area (Å²) in [5.74, 6) is -2.32. The molecular formula is C8H14N2O4. The van der Waals surface area contributed by atoms with Crippen LogP contribution >= 0.6 is 0 Å². The van der Waals surface area contributed by atoms with Crippen LogP contribution in [0, 0.1) is 0 Å². The van der Waals surface area contributed by atoms with Crippen molar-refractivity contribution in [2.45, 2.75) is 32.2 Å². The highest BCUT2D eigenvalue weighted by atomic mass is 16.4. The molecule has 0 aliphatic rings. The van der Waals surface area contributed by atoms with Crippen molar-refractivity contribution < 1.29 is 19.5 Å². The van der Waals surface area contributed by atoms with Gasteiger partial charge in [0.05, 0.1) is 6.42 Å². The van der Waals surface area contributed by atoms with Gasteiger partial charge in [0.1, 0.15) is 6.04 Å². The number of aliphatic carboxylic acids is 1. The number of carboxylic acids is 1. The first-order valence-corrected chi connectivity index (χ1v) is 4.28. The fraction of sp³-hybridized carbons (Fsp3) is 0.625. The Bertz CT molecular complexity index is 239. The number of hydrogen-bond acceptors (Lipinski definition) is 4. The maximum absolute atomic E-state index is 11.0. The lowest BCUT2D eigenvalue weighted by molar-refractivity contribution is -0.141. The van der Waals surface area contributed by atoms with Crippen molar-refractivity contribution in [1.82, 2.24) is 5.32 Å². The molecule has 4 N–H and O–H groups in total. The monoisotopic (exact) mass is 202 g/mol. The minimum atomic E-state index is -1.26. The number of carboxylic acid groups (broad SMARTS) is 1. The highest BCUT2D eigenvalue weighted by Gasteiger charge is 2.17. The van der Waals surface area contributed by atoms with Gasteiger partial charge in [-0.25, -0.2) is 0 Å². The molecule has 0 radical (unpaired) electrons. The molecule has 0 spiro atoms. The maximum atomic E-state index is 11.0. The minimum absolute atomic E-state index is 0.244. The van der Waals surface area contributed by atoms with Crippen LogP contribution in [0.3, 0.4) is 0 Å². The van der Waals surface area contributed by atoms with Crippen molar-refractivity contribution in [3.8, 4) is 0 Å². The molecule has 0 heterocycles. The van der Waals surface area contributed by atoms with Gasteiger partial charge < -0.3 is 10.8 Å². The molecule has 2 amide bonds. The van der Waals surface area contributed by atoms with Crippen LogP contribution in [0.15, 0.2) is 0 Å². The van der Waals surface area contributed by atoms with E-state index < -0.39 is 23.8 Å². The summed E-state index contributed by atoms with van der Waals surface area (Å²) in [6.45, 7) is 1.80. The summed E-state index contributed by atoms with van der Waals surface area (Å²) in [6, 6.07) is -1.26. The lowest BCUT2D eigenvalue weighted by Gasteiger charge is -2.05. The van der Waals surface area contributed by atoms with E-state index in [1.165, 1.54) is 0 Å².